The van der Waals surface area contributed by atoms with Gasteiger partial charge in [-0.3, -0.25) is 14.3 Å². The van der Waals surface area contributed by atoms with Crippen LogP contribution in [0.5, 0.6) is 0 Å². The van der Waals surface area contributed by atoms with Gasteiger partial charge in [0.1, 0.15) is 0 Å². The summed E-state index contributed by atoms with van der Waals surface area (Å²) in [6.07, 6.45) is 3.77. The van der Waals surface area contributed by atoms with Gasteiger partial charge in [-0.05, 0) is 44.0 Å². The van der Waals surface area contributed by atoms with E-state index in [-0.39, 0.29) is 5.56 Å². The molecule has 1 fully saturated rings. The minimum Gasteiger partial charge on any atom is -0.424 e. The van der Waals surface area contributed by atoms with Gasteiger partial charge in [0.25, 0.3) is 5.56 Å². The Balaban J connectivity index is 1.39. The average molecular weight is 339 g/mol. The first-order valence-corrected chi connectivity index (χ1v) is 8.64. The van der Waals surface area contributed by atoms with Crippen LogP contribution in [0.25, 0.3) is 10.9 Å². The SMILES string of the molecule is Cc1nnc(CN2CCC(Cn3cnc4ccccc4c3=O)CC2)o1. The lowest BCUT2D eigenvalue weighted by molar-refractivity contribution is 0.154. The van der Waals surface area contributed by atoms with Gasteiger partial charge in [-0.2, -0.15) is 0 Å². The highest BCUT2D eigenvalue weighted by atomic mass is 16.4. The lowest BCUT2D eigenvalue weighted by Crippen LogP contribution is -2.36. The fraction of sp³-hybridized carbons (Fsp3) is 0.444. The molecule has 3 aromatic rings. The van der Waals surface area contributed by atoms with Crippen molar-refractivity contribution in [2.24, 2.45) is 5.92 Å². The summed E-state index contributed by atoms with van der Waals surface area (Å²) in [5.74, 6) is 1.76. The molecule has 4 rings (SSSR count). The molecule has 7 heteroatoms. The second-order valence-corrected chi connectivity index (χ2v) is 6.65. The van der Waals surface area contributed by atoms with E-state index in [0.717, 1.165) is 38.0 Å². The molecule has 1 saturated heterocycles. The minimum absolute atomic E-state index is 0.0503. The lowest BCUT2D eigenvalue weighted by Gasteiger charge is -2.31. The standard InChI is InChI=1S/C18H21N5O2/c1-13-20-21-17(25-13)11-22-8-6-14(7-9-22)10-23-12-19-16-5-3-2-4-15(16)18(23)24/h2-5,12,14H,6-11H2,1H3. The topological polar surface area (TPSA) is 77.1 Å². The first kappa shape index (κ1) is 16.0. The Hall–Kier alpha value is -2.54. The molecule has 3 heterocycles. The summed E-state index contributed by atoms with van der Waals surface area (Å²) < 4.78 is 7.20. The van der Waals surface area contributed by atoms with Crippen LogP contribution < -0.4 is 5.56 Å². The zero-order valence-electron chi connectivity index (χ0n) is 14.3. The zero-order valence-corrected chi connectivity index (χ0v) is 14.3. The first-order chi connectivity index (χ1) is 12.2. The smallest absolute Gasteiger partial charge is 0.261 e. The molecular formula is C18H21N5O2. The molecule has 0 saturated carbocycles. The zero-order chi connectivity index (χ0) is 17.2. The predicted octanol–water partition coefficient (Wildman–Crippen LogP) is 2.00. The maximum Gasteiger partial charge on any atom is 0.261 e. The number of para-hydroxylation sites is 1. The monoisotopic (exact) mass is 339 g/mol. The number of piperidine rings is 1. The lowest BCUT2D eigenvalue weighted by atomic mass is 9.96. The summed E-state index contributed by atoms with van der Waals surface area (Å²) in [4.78, 5) is 19.3. The van der Waals surface area contributed by atoms with Gasteiger partial charge in [-0.1, -0.05) is 12.1 Å². The molecule has 0 atom stereocenters. The molecule has 1 aliphatic heterocycles. The summed E-state index contributed by atoms with van der Waals surface area (Å²) in [5.41, 5.74) is 0.808. The van der Waals surface area contributed by atoms with Gasteiger partial charge >= 0.3 is 0 Å². The van der Waals surface area contributed by atoms with Crippen molar-refractivity contribution in [3.63, 3.8) is 0 Å². The number of hydrogen-bond donors (Lipinski definition) is 0. The maximum atomic E-state index is 12.6. The second-order valence-electron chi connectivity index (χ2n) is 6.65. The van der Waals surface area contributed by atoms with E-state index in [1.807, 2.05) is 24.3 Å². The largest absolute Gasteiger partial charge is 0.424 e. The highest BCUT2D eigenvalue weighted by molar-refractivity contribution is 5.76. The van der Waals surface area contributed by atoms with Crippen LogP contribution in [0.1, 0.15) is 24.6 Å². The maximum absolute atomic E-state index is 12.6. The van der Waals surface area contributed by atoms with Crippen molar-refractivity contribution in [1.82, 2.24) is 24.6 Å². The third-order valence-electron chi connectivity index (χ3n) is 4.82. The van der Waals surface area contributed by atoms with Gasteiger partial charge in [0.2, 0.25) is 11.8 Å². The van der Waals surface area contributed by atoms with Gasteiger partial charge in [0.15, 0.2) is 0 Å². The van der Waals surface area contributed by atoms with Gasteiger partial charge < -0.3 is 4.42 Å². The van der Waals surface area contributed by atoms with Crippen LogP contribution in [0.4, 0.5) is 0 Å². The predicted molar refractivity (Wildman–Crippen MR) is 93.0 cm³/mol. The summed E-state index contributed by atoms with van der Waals surface area (Å²) >= 11 is 0. The normalized spacial score (nSPS) is 16.5. The number of fused-ring (bicyclic) bond motifs is 1. The first-order valence-electron chi connectivity index (χ1n) is 8.64. The van der Waals surface area contributed by atoms with Crippen molar-refractivity contribution in [3.05, 3.63) is 52.7 Å². The molecular weight excluding hydrogens is 318 g/mol. The molecule has 0 N–H and O–H groups in total. The molecule has 0 aliphatic carbocycles. The van der Waals surface area contributed by atoms with E-state index in [9.17, 15) is 4.79 Å². The number of benzene rings is 1. The molecule has 0 spiro atoms. The fourth-order valence-corrected chi connectivity index (χ4v) is 3.43. The van der Waals surface area contributed by atoms with E-state index in [1.54, 1.807) is 17.8 Å². The van der Waals surface area contributed by atoms with E-state index in [4.69, 9.17) is 4.42 Å². The number of likely N-dealkylation sites (tertiary alicyclic amines) is 1. The highest BCUT2D eigenvalue weighted by Crippen LogP contribution is 2.20. The molecule has 25 heavy (non-hydrogen) atoms. The Bertz CT molecular complexity index is 924. The second kappa shape index (κ2) is 6.76. The molecule has 130 valence electrons. The Labute approximate surface area is 145 Å². The Kier molecular flexibility index (Phi) is 4.31. The molecule has 1 aromatic carbocycles. The molecule has 7 nitrogen and oxygen atoms in total. The van der Waals surface area contributed by atoms with Crippen molar-refractivity contribution in [2.75, 3.05) is 13.1 Å². The van der Waals surface area contributed by atoms with Gasteiger partial charge in [-0.25, -0.2) is 4.98 Å². The van der Waals surface area contributed by atoms with Crippen LogP contribution >= 0.6 is 0 Å². The molecule has 0 amide bonds. The summed E-state index contributed by atoms with van der Waals surface area (Å²) in [6.45, 7) is 5.18. The average Bonchev–Trinajstić information content (AvgIpc) is 3.04. The van der Waals surface area contributed by atoms with Crippen molar-refractivity contribution in [2.45, 2.75) is 32.9 Å². The minimum atomic E-state index is 0.0503. The number of aryl methyl sites for hydroxylation is 1. The van der Waals surface area contributed by atoms with Crippen molar-refractivity contribution < 1.29 is 4.42 Å². The van der Waals surface area contributed by atoms with E-state index in [1.165, 1.54) is 0 Å². The summed E-state index contributed by atoms with van der Waals surface area (Å²) in [6, 6.07) is 7.50. The van der Waals surface area contributed by atoms with E-state index in [0.29, 0.717) is 29.6 Å². The quantitative estimate of drug-likeness (QED) is 0.723. The molecule has 2 aromatic heterocycles. The fourth-order valence-electron chi connectivity index (χ4n) is 3.43. The molecule has 0 bridgehead atoms. The summed E-state index contributed by atoms with van der Waals surface area (Å²) in [7, 11) is 0. The molecule has 0 radical (unpaired) electrons. The van der Waals surface area contributed by atoms with Crippen LogP contribution in [0, 0.1) is 12.8 Å². The number of aromatic nitrogens is 4. The Morgan fingerprint density at radius 3 is 2.76 bits per heavy atom. The van der Waals surface area contributed by atoms with Crippen LogP contribution in [-0.2, 0) is 13.1 Å². The van der Waals surface area contributed by atoms with Crippen molar-refractivity contribution in [3.8, 4) is 0 Å². The van der Waals surface area contributed by atoms with Crippen molar-refractivity contribution in [1.29, 1.82) is 0 Å². The third-order valence-corrected chi connectivity index (χ3v) is 4.82. The molecule has 1 aliphatic rings. The number of hydrogen-bond acceptors (Lipinski definition) is 6. The van der Waals surface area contributed by atoms with E-state index >= 15 is 0 Å². The summed E-state index contributed by atoms with van der Waals surface area (Å²) in [5, 5.41) is 8.61. The van der Waals surface area contributed by atoms with E-state index in [2.05, 4.69) is 20.1 Å². The highest BCUT2D eigenvalue weighted by Gasteiger charge is 2.21. The number of nitrogens with zero attached hydrogens (tertiary/aromatic N) is 5. The third kappa shape index (κ3) is 3.46. The van der Waals surface area contributed by atoms with Gasteiger partial charge in [0, 0.05) is 13.5 Å². The van der Waals surface area contributed by atoms with Crippen LogP contribution in [0.2, 0.25) is 0 Å². The Morgan fingerprint density at radius 1 is 1.20 bits per heavy atom. The van der Waals surface area contributed by atoms with Gasteiger partial charge in [0.05, 0.1) is 23.8 Å². The van der Waals surface area contributed by atoms with Crippen LogP contribution in [0.15, 0.2) is 39.8 Å². The van der Waals surface area contributed by atoms with Crippen molar-refractivity contribution >= 4 is 10.9 Å². The van der Waals surface area contributed by atoms with Gasteiger partial charge in [-0.15, -0.1) is 10.2 Å². The Morgan fingerprint density at radius 2 is 2.00 bits per heavy atom. The molecule has 0 unspecified atom stereocenters. The number of rotatable bonds is 4. The van der Waals surface area contributed by atoms with Crippen LogP contribution in [0.3, 0.4) is 0 Å². The van der Waals surface area contributed by atoms with E-state index < -0.39 is 0 Å². The van der Waals surface area contributed by atoms with Crippen LogP contribution in [-0.4, -0.2) is 37.7 Å².